The smallest absolute Gasteiger partial charge is 0.322 e. The van der Waals surface area contributed by atoms with Gasteiger partial charge in [-0.1, -0.05) is 36.4 Å². The topological polar surface area (TPSA) is 83.1 Å². The highest BCUT2D eigenvalue weighted by atomic mass is 32.2. The minimum Gasteiger partial charge on any atom is -0.322 e. The Morgan fingerprint density at radius 1 is 0.812 bits per heavy atom. The molecule has 6 nitrogen and oxygen atoms in total. The van der Waals surface area contributed by atoms with Crippen molar-refractivity contribution in [3.8, 4) is 0 Å². The normalized spacial score (nSPS) is 10.4. The van der Waals surface area contributed by atoms with Crippen molar-refractivity contribution in [1.29, 1.82) is 0 Å². The van der Waals surface area contributed by atoms with Crippen LogP contribution in [-0.2, 0) is 5.75 Å². The van der Waals surface area contributed by atoms with Crippen LogP contribution < -0.4 is 16.0 Å². The van der Waals surface area contributed by atoms with Gasteiger partial charge < -0.3 is 16.0 Å². The Hall–Kier alpha value is -3.62. The first-order valence-corrected chi connectivity index (χ1v) is 11.7. The van der Waals surface area contributed by atoms with E-state index in [-0.39, 0.29) is 11.9 Å². The summed E-state index contributed by atoms with van der Waals surface area (Å²) in [5, 5.41) is 10.5. The molecule has 0 atom stereocenters. The molecule has 0 spiro atoms. The van der Waals surface area contributed by atoms with E-state index in [0.717, 1.165) is 10.6 Å². The Morgan fingerprint density at radius 2 is 1.50 bits per heavy atom. The second-order valence-corrected chi connectivity index (χ2v) is 8.48. The van der Waals surface area contributed by atoms with Gasteiger partial charge in [-0.15, -0.1) is 23.1 Å². The fourth-order valence-corrected chi connectivity index (χ4v) is 4.54. The van der Waals surface area contributed by atoms with Crippen molar-refractivity contribution >= 4 is 52.1 Å². The molecule has 8 heteroatoms. The van der Waals surface area contributed by atoms with E-state index < -0.39 is 0 Å². The number of thioether (sulfide) groups is 1. The summed E-state index contributed by atoms with van der Waals surface area (Å²) >= 11 is 3.13. The first-order valence-electron chi connectivity index (χ1n) is 9.81. The van der Waals surface area contributed by atoms with E-state index in [2.05, 4.69) is 20.9 Å². The molecule has 32 heavy (non-hydrogen) atoms. The summed E-state index contributed by atoms with van der Waals surface area (Å²) in [4.78, 5) is 30.3. The largest absolute Gasteiger partial charge is 0.323 e. The monoisotopic (exact) mass is 460 g/mol. The molecule has 3 N–H and O–H groups in total. The van der Waals surface area contributed by atoms with Crippen molar-refractivity contribution in [2.45, 2.75) is 10.6 Å². The van der Waals surface area contributed by atoms with Crippen LogP contribution >= 0.6 is 23.1 Å². The van der Waals surface area contributed by atoms with Crippen LogP contribution in [0, 0.1) is 0 Å². The van der Waals surface area contributed by atoms with Gasteiger partial charge in [-0.2, -0.15) is 0 Å². The summed E-state index contributed by atoms with van der Waals surface area (Å²) in [6.07, 6.45) is 0. The third kappa shape index (κ3) is 5.96. The van der Waals surface area contributed by atoms with E-state index in [9.17, 15) is 9.59 Å². The summed E-state index contributed by atoms with van der Waals surface area (Å²) in [6.45, 7) is 0. The minimum absolute atomic E-state index is 0.211. The molecule has 4 rings (SSSR count). The van der Waals surface area contributed by atoms with Crippen molar-refractivity contribution in [3.05, 3.63) is 101 Å². The lowest BCUT2D eigenvalue weighted by atomic mass is 10.2. The maximum atomic E-state index is 12.9. The van der Waals surface area contributed by atoms with E-state index in [4.69, 9.17) is 0 Å². The standard InChI is InChI=1S/C24H20N4O2S2/c29-23(21-11-4-5-12-22(21)32-15-20-14-31-16-25-20)26-18-9-6-10-19(13-18)28-24(30)27-17-7-2-1-3-8-17/h1-14,16H,15H2,(H,26,29)(H2,27,28,30). The Balaban J connectivity index is 1.40. The van der Waals surface area contributed by atoms with Crippen molar-refractivity contribution in [1.82, 2.24) is 4.98 Å². The molecule has 4 aromatic rings. The number of hydrogen-bond acceptors (Lipinski definition) is 5. The molecule has 0 saturated carbocycles. The molecule has 1 heterocycles. The molecular formula is C24H20N4O2S2. The van der Waals surface area contributed by atoms with Gasteiger partial charge in [0.25, 0.3) is 5.91 Å². The van der Waals surface area contributed by atoms with Crippen LogP contribution in [0.4, 0.5) is 21.9 Å². The summed E-state index contributed by atoms with van der Waals surface area (Å²) in [6, 6.07) is 23.3. The third-order valence-electron chi connectivity index (χ3n) is 4.40. The van der Waals surface area contributed by atoms with Crippen LogP contribution in [0.15, 0.2) is 94.6 Å². The van der Waals surface area contributed by atoms with Gasteiger partial charge in [-0.05, 0) is 42.5 Å². The second-order valence-electron chi connectivity index (χ2n) is 6.74. The average Bonchev–Trinajstić information content (AvgIpc) is 3.32. The highest BCUT2D eigenvalue weighted by Gasteiger charge is 2.13. The zero-order chi connectivity index (χ0) is 22.2. The summed E-state index contributed by atoms with van der Waals surface area (Å²) in [7, 11) is 0. The molecule has 1 aromatic heterocycles. The lowest BCUT2D eigenvalue weighted by Crippen LogP contribution is -2.19. The molecule has 3 amide bonds. The van der Waals surface area contributed by atoms with E-state index in [1.807, 2.05) is 41.8 Å². The third-order valence-corrected chi connectivity index (χ3v) is 6.14. The fourth-order valence-electron chi connectivity index (χ4n) is 2.93. The number of amides is 3. The summed E-state index contributed by atoms with van der Waals surface area (Å²) in [5.41, 5.74) is 5.24. The Labute approximate surface area is 194 Å². The Morgan fingerprint density at radius 3 is 2.28 bits per heavy atom. The molecule has 0 radical (unpaired) electrons. The number of thiazole rings is 1. The van der Waals surface area contributed by atoms with E-state index >= 15 is 0 Å². The van der Waals surface area contributed by atoms with Crippen LogP contribution in [-0.4, -0.2) is 16.9 Å². The number of benzene rings is 3. The minimum atomic E-state index is -0.358. The van der Waals surface area contributed by atoms with Crippen molar-refractivity contribution in [2.24, 2.45) is 0 Å². The van der Waals surface area contributed by atoms with Crippen LogP contribution in [0.1, 0.15) is 16.1 Å². The lowest BCUT2D eigenvalue weighted by Gasteiger charge is -2.11. The Kier molecular flexibility index (Phi) is 7.16. The first kappa shape index (κ1) is 21.6. The van der Waals surface area contributed by atoms with Gasteiger partial charge in [0.2, 0.25) is 0 Å². The number of rotatable bonds is 7. The molecule has 0 bridgehead atoms. The van der Waals surface area contributed by atoms with Crippen LogP contribution in [0.25, 0.3) is 0 Å². The quantitative estimate of drug-likeness (QED) is 0.281. The van der Waals surface area contributed by atoms with E-state index in [0.29, 0.717) is 28.4 Å². The molecule has 0 aliphatic heterocycles. The number of nitrogens with zero attached hydrogens (tertiary/aromatic N) is 1. The van der Waals surface area contributed by atoms with Gasteiger partial charge in [0.15, 0.2) is 0 Å². The van der Waals surface area contributed by atoms with Crippen molar-refractivity contribution < 1.29 is 9.59 Å². The second kappa shape index (κ2) is 10.6. The predicted octanol–water partition coefficient (Wildman–Crippen LogP) is 6.33. The van der Waals surface area contributed by atoms with E-state index in [1.165, 1.54) is 0 Å². The maximum absolute atomic E-state index is 12.9. The number of carbonyl (C=O) groups excluding carboxylic acids is 2. The van der Waals surface area contributed by atoms with Gasteiger partial charge in [0.05, 0.1) is 16.8 Å². The number of aromatic nitrogens is 1. The lowest BCUT2D eigenvalue weighted by molar-refractivity contribution is 0.102. The number of anilines is 3. The fraction of sp³-hybridized carbons (Fsp3) is 0.0417. The number of carbonyl (C=O) groups is 2. The first-order chi connectivity index (χ1) is 15.7. The maximum Gasteiger partial charge on any atom is 0.323 e. The van der Waals surface area contributed by atoms with Crippen molar-refractivity contribution in [3.63, 3.8) is 0 Å². The van der Waals surface area contributed by atoms with E-state index in [1.54, 1.807) is 71.1 Å². The Bertz CT molecular complexity index is 1200. The number of urea groups is 1. The molecule has 0 aliphatic rings. The molecule has 0 saturated heterocycles. The van der Waals surface area contributed by atoms with Gasteiger partial charge in [0, 0.05) is 33.1 Å². The van der Waals surface area contributed by atoms with Gasteiger partial charge in [0.1, 0.15) is 0 Å². The molecule has 160 valence electrons. The van der Waals surface area contributed by atoms with Crippen LogP contribution in [0.2, 0.25) is 0 Å². The van der Waals surface area contributed by atoms with Crippen LogP contribution in [0.5, 0.6) is 0 Å². The molecule has 0 fully saturated rings. The average molecular weight is 461 g/mol. The van der Waals surface area contributed by atoms with Crippen molar-refractivity contribution in [2.75, 3.05) is 16.0 Å². The predicted molar refractivity (Wildman–Crippen MR) is 132 cm³/mol. The van der Waals surface area contributed by atoms with Gasteiger partial charge in [-0.25, -0.2) is 9.78 Å². The van der Waals surface area contributed by atoms with Gasteiger partial charge >= 0.3 is 6.03 Å². The number of para-hydroxylation sites is 1. The SMILES string of the molecule is O=C(Nc1ccccc1)Nc1cccc(NC(=O)c2ccccc2SCc2cscn2)c1. The highest BCUT2D eigenvalue weighted by molar-refractivity contribution is 7.98. The van der Waals surface area contributed by atoms with Crippen LogP contribution in [0.3, 0.4) is 0 Å². The summed E-state index contributed by atoms with van der Waals surface area (Å²) in [5.74, 6) is 0.487. The highest BCUT2D eigenvalue weighted by Crippen LogP contribution is 2.27. The molecule has 0 unspecified atom stereocenters. The van der Waals surface area contributed by atoms with Gasteiger partial charge in [-0.3, -0.25) is 4.79 Å². The molecule has 0 aliphatic carbocycles. The molecular weight excluding hydrogens is 440 g/mol. The summed E-state index contributed by atoms with van der Waals surface area (Å²) < 4.78 is 0. The number of hydrogen-bond donors (Lipinski definition) is 3. The molecule has 3 aromatic carbocycles. The number of nitrogens with one attached hydrogen (secondary N) is 3. The zero-order valence-corrected chi connectivity index (χ0v) is 18.6. The zero-order valence-electron chi connectivity index (χ0n) is 16.9.